The third kappa shape index (κ3) is 1.76. The number of hydrogen-bond donors (Lipinski definition) is 1. The van der Waals surface area contributed by atoms with Crippen LogP contribution in [0.15, 0.2) is 0 Å². The molecule has 2 nitrogen and oxygen atoms in total. The van der Waals surface area contributed by atoms with Crippen molar-refractivity contribution in [3.05, 3.63) is 0 Å². The lowest BCUT2D eigenvalue weighted by atomic mass is 9.50. The van der Waals surface area contributed by atoms with E-state index < -0.39 is 5.60 Å². The van der Waals surface area contributed by atoms with Gasteiger partial charge >= 0.3 is 0 Å². The molecule has 0 aromatic carbocycles. The fraction of sp³-hybridized carbons (Fsp3) is 1.00. The molecule has 3 fully saturated rings. The quantitative estimate of drug-likeness (QED) is 0.658. The van der Waals surface area contributed by atoms with Crippen LogP contribution in [-0.4, -0.2) is 22.4 Å². The van der Waals surface area contributed by atoms with Gasteiger partial charge in [0.05, 0.1) is 17.3 Å². The third-order valence-electron chi connectivity index (χ3n) is 5.93. The lowest BCUT2D eigenvalue weighted by molar-refractivity contribution is -0.144. The van der Waals surface area contributed by atoms with Crippen molar-refractivity contribution in [2.45, 2.75) is 77.1 Å². The Morgan fingerprint density at radius 1 is 1.00 bits per heavy atom. The first-order chi connectivity index (χ1) is 7.75. The Bertz CT molecular complexity index is 334. The van der Waals surface area contributed by atoms with E-state index in [1.54, 1.807) is 0 Å². The maximum Gasteiger partial charge on any atom is 0.0920 e. The molecule has 0 radical (unpaired) electrons. The molecule has 3 rings (SSSR count). The van der Waals surface area contributed by atoms with Gasteiger partial charge in [0.25, 0.3) is 0 Å². The largest absolute Gasteiger partial charge is 0.390 e. The molecule has 0 spiro atoms. The second-order valence-electron chi connectivity index (χ2n) is 7.76. The van der Waals surface area contributed by atoms with Crippen LogP contribution in [0.3, 0.4) is 0 Å². The van der Waals surface area contributed by atoms with Crippen molar-refractivity contribution in [1.82, 2.24) is 0 Å². The highest BCUT2D eigenvalue weighted by molar-refractivity contribution is 5.08. The number of rotatable bonds is 0. The van der Waals surface area contributed by atoms with E-state index in [0.717, 1.165) is 12.8 Å². The summed E-state index contributed by atoms with van der Waals surface area (Å²) in [5.41, 5.74) is 0.0772. The molecule has 5 atom stereocenters. The monoisotopic (exact) mass is 238 g/mol. The number of aliphatic hydroxyl groups is 1. The summed E-state index contributed by atoms with van der Waals surface area (Å²) in [6, 6.07) is 0. The van der Waals surface area contributed by atoms with Gasteiger partial charge in [-0.05, 0) is 63.2 Å². The van der Waals surface area contributed by atoms with E-state index in [2.05, 4.69) is 20.8 Å². The predicted molar refractivity (Wildman–Crippen MR) is 67.7 cm³/mol. The second-order valence-corrected chi connectivity index (χ2v) is 7.76. The highest BCUT2D eigenvalue weighted by Gasteiger charge is 2.59. The maximum atomic E-state index is 10.7. The van der Waals surface area contributed by atoms with Crippen LogP contribution in [0.1, 0.15) is 59.8 Å². The van der Waals surface area contributed by atoms with Crippen molar-refractivity contribution < 1.29 is 9.84 Å². The Labute approximate surface area is 105 Å². The first kappa shape index (κ1) is 12.0. The molecular weight excluding hydrogens is 212 g/mol. The summed E-state index contributed by atoms with van der Waals surface area (Å²) < 4.78 is 5.84. The van der Waals surface area contributed by atoms with Crippen LogP contribution in [0, 0.1) is 17.3 Å². The SMILES string of the molecule is CC1(C)C[C@H]2[C@H]1CC[C@@]1(C)O[C@@H]1CC[C@]2(C)O. The van der Waals surface area contributed by atoms with E-state index in [1.807, 2.05) is 6.92 Å². The fourth-order valence-corrected chi connectivity index (χ4v) is 4.42. The molecule has 0 amide bonds. The molecule has 2 saturated carbocycles. The van der Waals surface area contributed by atoms with Crippen molar-refractivity contribution in [1.29, 1.82) is 0 Å². The van der Waals surface area contributed by atoms with E-state index in [0.29, 0.717) is 23.4 Å². The number of epoxide rings is 1. The molecule has 1 N–H and O–H groups in total. The normalized spacial score (nSPS) is 56.6. The topological polar surface area (TPSA) is 32.8 Å². The second kappa shape index (κ2) is 3.27. The zero-order chi connectivity index (χ0) is 12.5. The predicted octanol–water partition coefficient (Wildman–Crippen LogP) is 3.13. The van der Waals surface area contributed by atoms with Crippen LogP contribution >= 0.6 is 0 Å². The van der Waals surface area contributed by atoms with Crippen molar-refractivity contribution in [3.8, 4) is 0 Å². The minimum absolute atomic E-state index is 0.136. The number of hydrogen-bond acceptors (Lipinski definition) is 2. The molecule has 1 heterocycles. The van der Waals surface area contributed by atoms with Crippen LogP contribution < -0.4 is 0 Å². The van der Waals surface area contributed by atoms with E-state index >= 15 is 0 Å². The van der Waals surface area contributed by atoms with Gasteiger partial charge in [-0.1, -0.05) is 13.8 Å². The van der Waals surface area contributed by atoms with Gasteiger partial charge in [0.2, 0.25) is 0 Å². The summed E-state index contributed by atoms with van der Waals surface area (Å²) in [7, 11) is 0. The Morgan fingerprint density at radius 3 is 2.35 bits per heavy atom. The van der Waals surface area contributed by atoms with Crippen LogP contribution in [0.5, 0.6) is 0 Å². The Hall–Kier alpha value is -0.0800. The van der Waals surface area contributed by atoms with Crippen molar-refractivity contribution in [2.24, 2.45) is 17.3 Å². The minimum Gasteiger partial charge on any atom is -0.390 e. The summed E-state index contributed by atoms with van der Waals surface area (Å²) in [5.74, 6) is 1.19. The van der Waals surface area contributed by atoms with Crippen LogP contribution in [0.2, 0.25) is 0 Å². The van der Waals surface area contributed by atoms with Gasteiger partial charge in [-0.25, -0.2) is 0 Å². The molecule has 1 saturated heterocycles. The average Bonchev–Trinajstić information content (AvgIpc) is 2.83. The van der Waals surface area contributed by atoms with Crippen molar-refractivity contribution in [2.75, 3.05) is 0 Å². The van der Waals surface area contributed by atoms with E-state index in [-0.39, 0.29) is 5.60 Å². The first-order valence-electron chi connectivity index (χ1n) is 7.15. The Morgan fingerprint density at radius 2 is 1.71 bits per heavy atom. The molecule has 17 heavy (non-hydrogen) atoms. The zero-order valence-electron chi connectivity index (χ0n) is 11.6. The van der Waals surface area contributed by atoms with E-state index in [1.165, 1.54) is 19.3 Å². The van der Waals surface area contributed by atoms with Gasteiger partial charge in [0, 0.05) is 0 Å². The summed E-state index contributed by atoms with van der Waals surface area (Å²) in [4.78, 5) is 0. The lowest BCUT2D eigenvalue weighted by Crippen LogP contribution is -2.54. The Kier molecular flexibility index (Phi) is 2.30. The molecule has 1 aliphatic heterocycles. The minimum atomic E-state index is -0.475. The number of ether oxygens (including phenoxy) is 1. The zero-order valence-corrected chi connectivity index (χ0v) is 11.6. The molecule has 2 aliphatic carbocycles. The van der Waals surface area contributed by atoms with Crippen LogP contribution in [0.25, 0.3) is 0 Å². The van der Waals surface area contributed by atoms with Gasteiger partial charge in [-0.3, -0.25) is 0 Å². The van der Waals surface area contributed by atoms with Gasteiger partial charge in [-0.15, -0.1) is 0 Å². The van der Waals surface area contributed by atoms with Gasteiger partial charge in [0.1, 0.15) is 0 Å². The molecule has 0 aromatic rings. The van der Waals surface area contributed by atoms with Crippen LogP contribution in [0.4, 0.5) is 0 Å². The van der Waals surface area contributed by atoms with Gasteiger partial charge in [-0.2, -0.15) is 0 Å². The van der Waals surface area contributed by atoms with Crippen LogP contribution in [-0.2, 0) is 4.74 Å². The maximum absolute atomic E-state index is 10.7. The summed E-state index contributed by atoms with van der Waals surface area (Å²) >= 11 is 0. The standard InChI is InChI=1S/C15H26O2/c1-13(2)9-11-10(13)5-8-15(4)12(17-15)6-7-14(11,3)16/h10-12,16H,5-9H2,1-4H3/t10-,11+,12-,14+,15-/m1/s1. The van der Waals surface area contributed by atoms with Crippen molar-refractivity contribution in [3.63, 3.8) is 0 Å². The summed E-state index contributed by atoms with van der Waals surface area (Å²) in [6.07, 6.45) is 5.94. The summed E-state index contributed by atoms with van der Waals surface area (Å²) in [6.45, 7) is 9.01. The fourth-order valence-electron chi connectivity index (χ4n) is 4.42. The van der Waals surface area contributed by atoms with Gasteiger partial charge in [0.15, 0.2) is 0 Å². The van der Waals surface area contributed by atoms with Gasteiger partial charge < -0.3 is 9.84 Å². The third-order valence-corrected chi connectivity index (χ3v) is 5.93. The average molecular weight is 238 g/mol. The van der Waals surface area contributed by atoms with E-state index in [4.69, 9.17) is 4.74 Å². The van der Waals surface area contributed by atoms with E-state index in [9.17, 15) is 5.11 Å². The highest BCUT2D eigenvalue weighted by atomic mass is 16.6. The molecule has 98 valence electrons. The molecular formula is C15H26O2. The molecule has 0 unspecified atom stereocenters. The van der Waals surface area contributed by atoms with Crippen molar-refractivity contribution >= 4 is 0 Å². The first-order valence-corrected chi connectivity index (χ1v) is 7.15. The lowest BCUT2D eigenvalue weighted by Gasteiger charge is -2.57. The molecule has 3 aliphatic rings. The number of fused-ring (bicyclic) bond motifs is 2. The molecule has 2 heteroatoms. The molecule has 0 bridgehead atoms. The summed E-state index contributed by atoms with van der Waals surface area (Å²) in [5, 5.41) is 10.7. The highest BCUT2D eigenvalue weighted by Crippen LogP contribution is 2.60. The Balaban J connectivity index is 1.81. The smallest absolute Gasteiger partial charge is 0.0920 e. The molecule has 0 aromatic heterocycles.